The summed E-state index contributed by atoms with van der Waals surface area (Å²) in [6.45, 7) is 1.17. The average molecular weight is 350 g/mol. The Labute approximate surface area is 143 Å². The normalized spacial score (nSPS) is 15.5. The lowest BCUT2D eigenvalue weighted by Gasteiger charge is -2.31. The van der Waals surface area contributed by atoms with E-state index < -0.39 is 4.92 Å². The highest BCUT2D eigenvalue weighted by molar-refractivity contribution is 6.34. The van der Waals surface area contributed by atoms with E-state index in [0.29, 0.717) is 18.7 Å². The van der Waals surface area contributed by atoms with E-state index in [0.717, 1.165) is 18.7 Å². The Hall–Kier alpha value is -2.48. The van der Waals surface area contributed by atoms with Gasteiger partial charge in [-0.15, -0.1) is 10.2 Å². The fourth-order valence-electron chi connectivity index (χ4n) is 2.96. The molecule has 1 amide bonds. The van der Waals surface area contributed by atoms with Gasteiger partial charge in [0.1, 0.15) is 12.2 Å². The van der Waals surface area contributed by atoms with Gasteiger partial charge in [0.05, 0.1) is 15.5 Å². The predicted octanol–water partition coefficient (Wildman–Crippen LogP) is 2.40. The summed E-state index contributed by atoms with van der Waals surface area (Å²) in [5, 5.41) is 18.9. The number of nitro benzene ring substituents is 1. The number of rotatable bonds is 3. The first-order valence-electron chi connectivity index (χ1n) is 7.54. The largest absolute Gasteiger partial charge is 0.339 e. The highest BCUT2D eigenvalue weighted by Crippen LogP contribution is 2.29. The van der Waals surface area contributed by atoms with Crippen LogP contribution in [0.3, 0.4) is 0 Å². The molecule has 1 aliphatic heterocycles. The van der Waals surface area contributed by atoms with Gasteiger partial charge in [0.25, 0.3) is 11.6 Å². The Morgan fingerprint density at radius 1 is 1.38 bits per heavy atom. The molecule has 0 aliphatic carbocycles. The van der Waals surface area contributed by atoms with Crippen molar-refractivity contribution in [3.05, 3.63) is 51.1 Å². The number of non-ortho nitro benzene ring substituents is 1. The monoisotopic (exact) mass is 349 g/mol. The molecule has 1 saturated heterocycles. The molecule has 0 saturated carbocycles. The van der Waals surface area contributed by atoms with Gasteiger partial charge in [-0.2, -0.15) is 0 Å². The van der Waals surface area contributed by atoms with Crippen LogP contribution in [0.2, 0.25) is 5.02 Å². The Morgan fingerprint density at radius 3 is 2.62 bits per heavy atom. The third-order valence-corrected chi connectivity index (χ3v) is 4.60. The Balaban J connectivity index is 1.69. The summed E-state index contributed by atoms with van der Waals surface area (Å²) in [5.41, 5.74) is 0.164. The van der Waals surface area contributed by atoms with Crippen molar-refractivity contribution in [2.24, 2.45) is 7.05 Å². The number of aryl methyl sites for hydroxylation is 1. The summed E-state index contributed by atoms with van der Waals surface area (Å²) in [6.07, 6.45) is 3.26. The van der Waals surface area contributed by atoms with Crippen LogP contribution in [0.15, 0.2) is 24.5 Å². The van der Waals surface area contributed by atoms with Crippen molar-refractivity contribution in [2.45, 2.75) is 18.8 Å². The van der Waals surface area contributed by atoms with Crippen LogP contribution in [0.5, 0.6) is 0 Å². The minimum absolute atomic E-state index is 0.102. The third-order valence-electron chi connectivity index (χ3n) is 4.29. The van der Waals surface area contributed by atoms with E-state index in [-0.39, 0.29) is 22.5 Å². The second kappa shape index (κ2) is 6.56. The molecule has 2 aromatic rings. The van der Waals surface area contributed by atoms with Crippen molar-refractivity contribution in [1.82, 2.24) is 19.7 Å². The molecule has 9 heteroatoms. The van der Waals surface area contributed by atoms with Crippen LogP contribution in [0.4, 0.5) is 5.69 Å². The number of carbonyl (C=O) groups excluding carboxylic acids is 1. The minimum Gasteiger partial charge on any atom is -0.339 e. The lowest BCUT2D eigenvalue weighted by atomic mass is 9.95. The van der Waals surface area contributed by atoms with Crippen LogP contribution < -0.4 is 0 Å². The lowest BCUT2D eigenvalue weighted by molar-refractivity contribution is -0.384. The molecule has 1 fully saturated rings. The zero-order valence-electron chi connectivity index (χ0n) is 13.1. The summed E-state index contributed by atoms with van der Waals surface area (Å²) in [4.78, 5) is 24.5. The number of aromatic nitrogens is 3. The number of likely N-dealkylation sites (tertiary alicyclic amines) is 1. The number of nitro groups is 1. The maximum Gasteiger partial charge on any atom is 0.270 e. The van der Waals surface area contributed by atoms with Crippen LogP contribution >= 0.6 is 11.6 Å². The van der Waals surface area contributed by atoms with Gasteiger partial charge in [-0.25, -0.2) is 0 Å². The molecular formula is C15H16ClN5O3. The van der Waals surface area contributed by atoms with Gasteiger partial charge < -0.3 is 9.47 Å². The molecule has 0 bridgehead atoms. The number of amides is 1. The van der Waals surface area contributed by atoms with E-state index in [1.54, 1.807) is 11.2 Å². The van der Waals surface area contributed by atoms with Gasteiger partial charge in [0, 0.05) is 38.2 Å². The summed E-state index contributed by atoms with van der Waals surface area (Å²) >= 11 is 6.04. The molecule has 0 unspecified atom stereocenters. The number of nitrogens with zero attached hydrogens (tertiary/aromatic N) is 5. The maximum absolute atomic E-state index is 12.6. The molecule has 0 N–H and O–H groups in total. The number of carbonyl (C=O) groups is 1. The maximum atomic E-state index is 12.6. The first-order valence-corrected chi connectivity index (χ1v) is 7.92. The first-order chi connectivity index (χ1) is 11.5. The van der Waals surface area contributed by atoms with Gasteiger partial charge in [-0.3, -0.25) is 14.9 Å². The van der Waals surface area contributed by atoms with E-state index in [2.05, 4.69) is 10.2 Å². The van der Waals surface area contributed by atoms with Crippen LogP contribution in [-0.4, -0.2) is 43.6 Å². The smallest absolute Gasteiger partial charge is 0.270 e. The predicted molar refractivity (Wildman–Crippen MR) is 87.0 cm³/mol. The average Bonchev–Trinajstić information content (AvgIpc) is 3.00. The summed E-state index contributed by atoms with van der Waals surface area (Å²) in [6, 6.07) is 3.92. The van der Waals surface area contributed by atoms with Gasteiger partial charge >= 0.3 is 0 Å². The van der Waals surface area contributed by atoms with Crippen LogP contribution in [0.1, 0.15) is 34.9 Å². The zero-order chi connectivity index (χ0) is 17.3. The molecule has 8 nitrogen and oxygen atoms in total. The summed E-state index contributed by atoms with van der Waals surface area (Å²) < 4.78 is 1.90. The SMILES string of the molecule is Cn1cnnc1C1CCN(C(=O)c2ccc([N+](=O)[O-])cc2Cl)CC1. The van der Waals surface area contributed by atoms with Crippen molar-refractivity contribution in [1.29, 1.82) is 0 Å². The minimum atomic E-state index is -0.535. The lowest BCUT2D eigenvalue weighted by Crippen LogP contribution is -2.38. The topological polar surface area (TPSA) is 94.2 Å². The summed E-state index contributed by atoms with van der Waals surface area (Å²) in [7, 11) is 1.91. The fraction of sp³-hybridized carbons (Fsp3) is 0.400. The van der Waals surface area contributed by atoms with Gasteiger partial charge in [0.2, 0.25) is 0 Å². The van der Waals surface area contributed by atoms with Crippen molar-refractivity contribution in [3.63, 3.8) is 0 Å². The van der Waals surface area contributed by atoms with E-state index >= 15 is 0 Å². The highest BCUT2D eigenvalue weighted by Gasteiger charge is 2.28. The van der Waals surface area contributed by atoms with E-state index in [9.17, 15) is 14.9 Å². The Kier molecular flexibility index (Phi) is 4.48. The van der Waals surface area contributed by atoms with Crippen molar-refractivity contribution in [2.75, 3.05) is 13.1 Å². The number of piperidine rings is 1. The van der Waals surface area contributed by atoms with E-state index in [1.807, 2.05) is 11.6 Å². The van der Waals surface area contributed by atoms with Crippen LogP contribution in [-0.2, 0) is 7.05 Å². The fourth-order valence-corrected chi connectivity index (χ4v) is 3.22. The van der Waals surface area contributed by atoms with Gasteiger partial charge in [-0.1, -0.05) is 11.6 Å². The molecule has 2 heterocycles. The molecule has 126 valence electrons. The number of benzene rings is 1. The number of hydrogen-bond acceptors (Lipinski definition) is 5. The van der Waals surface area contributed by atoms with E-state index in [1.165, 1.54) is 18.2 Å². The molecule has 1 aliphatic rings. The Bertz CT molecular complexity index is 783. The molecule has 1 aromatic carbocycles. The van der Waals surface area contributed by atoms with E-state index in [4.69, 9.17) is 11.6 Å². The van der Waals surface area contributed by atoms with Crippen molar-refractivity contribution < 1.29 is 9.72 Å². The molecule has 3 rings (SSSR count). The van der Waals surface area contributed by atoms with Gasteiger partial charge in [0.15, 0.2) is 0 Å². The summed E-state index contributed by atoms with van der Waals surface area (Å²) in [5.74, 6) is 0.996. The molecule has 0 atom stereocenters. The highest BCUT2D eigenvalue weighted by atomic mass is 35.5. The second-order valence-corrected chi connectivity index (χ2v) is 6.19. The quantitative estimate of drug-likeness (QED) is 0.626. The van der Waals surface area contributed by atoms with Crippen LogP contribution in [0, 0.1) is 10.1 Å². The van der Waals surface area contributed by atoms with Crippen molar-refractivity contribution >= 4 is 23.2 Å². The molecular weight excluding hydrogens is 334 g/mol. The number of halogens is 1. The zero-order valence-corrected chi connectivity index (χ0v) is 13.8. The van der Waals surface area contributed by atoms with Crippen molar-refractivity contribution in [3.8, 4) is 0 Å². The molecule has 1 aromatic heterocycles. The van der Waals surface area contributed by atoms with Crippen LogP contribution in [0.25, 0.3) is 0 Å². The number of hydrogen-bond donors (Lipinski definition) is 0. The first kappa shape index (κ1) is 16.4. The molecule has 0 radical (unpaired) electrons. The molecule has 0 spiro atoms. The second-order valence-electron chi connectivity index (χ2n) is 5.79. The third kappa shape index (κ3) is 3.09. The molecule has 24 heavy (non-hydrogen) atoms. The standard InChI is InChI=1S/C15H16ClN5O3/c1-19-9-17-18-14(19)10-4-6-20(7-5-10)15(22)12-3-2-11(21(23)24)8-13(12)16/h2-3,8-10H,4-7H2,1H3. The van der Waals surface area contributed by atoms with Gasteiger partial charge in [-0.05, 0) is 18.9 Å². The Morgan fingerprint density at radius 2 is 2.08 bits per heavy atom.